The molecule has 2 aliphatic rings. The Morgan fingerprint density at radius 3 is 2.55 bits per heavy atom. The molecule has 1 aromatic heterocycles. The van der Waals surface area contributed by atoms with Crippen LogP contribution in [0.1, 0.15) is 11.3 Å². The van der Waals surface area contributed by atoms with Gasteiger partial charge in [0, 0.05) is 43.3 Å². The number of likely N-dealkylation sites (tertiary alicyclic amines) is 1. The molecule has 2 fully saturated rings. The SMILES string of the molecule is Cc1c(CN2C[C@H]3CNC[C@H]3C2)n(C)c2ccccc12. The lowest BCUT2D eigenvalue weighted by Gasteiger charge is -2.18. The van der Waals surface area contributed by atoms with Crippen LogP contribution in [0.15, 0.2) is 24.3 Å². The van der Waals surface area contributed by atoms with Crippen molar-refractivity contribution in [2.75, 3.05) is 26.2 Å². The maximum absolute atomic E-state index is 3.52. The van der Waals surface area contributed by atoms with Gasteiger partial charge in [-0.3, -0.25) is 4.90 Å². The molecule has 2 aliphatic heterocycles. The van der Waals surface area contributed by atoms with E-state index in [2.05, 4.69) is 53.0 Å². The van der Waals surface area contributed by atoms with Crippen molar-refractivity contribution < 1.29 is 0 Å². The molecule has 0 unspecified atom stereocenters. The Morgan fingerprint density at radius 1 is 1.15 bits per heavy atom. The fourth-order valence-corrected chi connectivity index (χ4v) is 4.15. The fourth-order valence-electron chi connectivity index (χ4n) is 4.15. The van der Waals surface area contributed by atoms with Gasteiger partial charge >= 0.3 is 0 Å². The van der Waals surface area contributed by atoms with Crippen LogP contribution in [0, 0.1) is 18.8 Å². The van der Waals surface area contributed by atoms with Gasteiger partial charge in [0.2, 0.25) is 0 Å². The largest absolute Gasteiger partial charge is 0.346 e. The minimum atomic E-state index is 0.880. The Kier molecular flexibility index (Phi) is 2.86. The van der Waals surface area contributed by atoms with Crippen molar-refractivity contribution >= 4 is 10.9 Å². The number of nitrogens with zero attached hydrogens (tertiary/aromatic N) is 2. The number of benzene rings is 1. The van der Waals surface area contributed by atoms with E-state index in [4.69, 9.17) is 0 Å². The van der Waals surface area contributed by atoms with Crippen molar-refractivity contribution in [1.82, 2.24) is 14.8 Å². The molecule has 0 bridgehead atoms. The van der Waals surface area contributed by atoms with Crippen LogP contribution in [0.4, 0.5) is 0 Å². The number of hydrogen-bond donors (Lipinski definition) is 1. The first-order chi connectivity index (χ1) is 9.74. The van der Waals surface area contributed by atoms with Crippen molar-refractivity contribution in [3.8, 4) is 0 Å². The Morgan fingerprint density at radius 2 is 1.85 bits per heavy atom. The maximum Gasteiger partial charge on any atom is 0.0483 e. The Labute approximate surface area is 120 Å². The third-order valence-electron chi connectivity index (χ3n) is 5.35. The quantitative estimate of drug-likeness (QED) is 0.901. The highest BCUT2D eigenvalue weighted by atomic mass is 15.2. The molecule has 2 atom stereocenters. The molecule has 1 N–H and O–H groups in total. The Bertz CT molecular complexity index is 592. The van der Waals surface area contributed by atoms with Crippen LogP contribution in [0.5, 0.6) is 0 Å². The van der Waals surface area contributed by atoms with Gasteiger partial charge in [-0.15, -0.1) is 0 Å². The number of para-hydroxylation sites is 1. The van der Waals surface area contributed by atoms with Gasteiger partial charge in [-0.1, -0.05) is 18.2 Å². The molecule has 0 spiro atoms. The molecule has 3 nitrogen and oxygen atoms in total. The number of hydrogen-bond acceptors (Lipinski definition) is 2. The summed E-state index contributed by atoms with van der Waals surface area (Å²) in [6, 6.07) is 8.76. The lowest BCUT2D eigenvalue weighted by Crippen LogP contribution is -2.26. The zero-order valence-electron chi connectivity index (χ0n) is 12.4. The third kappa shape index (κ3) is 1.80. The lowest BCUT2D eigenvalue weighted by atomic mass is 10.0. The summed E-state index contributed by atoms with van der Waals surface area (Å²) in [6.07, 6.45) is 0. The molecule has 20 heavy (non-hydrogen) atoms. The standard InChI is InChI=1S/C17H23N3/c1-12-15-5-3-4-6-16(15)19(2)17(12)11-20-9-13-7-18-8-14(13)10-20/h3-6,13-14,18H,7-11H2,1-2H3/t13-,14+. The Balaban J connectivity index is 1.63. The number of nitrogens with one attached hydrogen (secondary N) is 1. The highest BCUT2D eigenvalue weighted by Gasteiger charge is 2.36. The highest BCUT2D eigenvalue weighted by molar-refractivity contribution is 5.85. The van der Waals surface area contributed by atoms with Crippen LogP contribution >= 0.6 is 0 Å². The van der Waals surface area contributed by atoms with E-state index in [0.29, 0.717) is 0 Å². The van der Waals surface area contributed by atoms with Crippen molar-refractivity contribution in [2.45, 2.75) is 13.5 Å². The van der Waals surface area contributed by atoms with E-state index in [9.17, 15) is 0 Å². The average Bonchev–Trinajstić information content (AvgIpc) is 3.09. The van der Waals surface area contributed by atoms with Crippen LogP contribution in [-0.2, 0) is 13.6 Å². The summed E-state index contributed by atoms with van der Waals surface area (Å²) in [7, 11) is 2.21. The van der Waals surface area contributed by atoms with Gasteiger partial charge in [-0.05, 0) is 43.5 Å². The summed E-state index contributed by atoms with van der Waals surface area (Å²) in [6.45, 7) is 8.34. The van der Waals surface area contributed by atoms with Gasteiger partial charge in [-0.25, -0.2) is 0 Å². The van der Waals surface area contributed by atoms with Gasteiger partial charge in [0.25, 0.3) is 0 Å². The van der Waals surface area contributed by atoms with Gasteiger partial charge in [-0.2, -0.15) is 0 Å². The summed E-state index contributed by atoms with van der Waals surface area (Å²) in [5.41, 5.74) is 4.30. The number of rotatable bonds is 2. The van der Waals surface area contributed by atoms with E-state index in [0.717, 1.165) is 18.4 Å². The van der Waals surface area contributed by atoms with Crippen molar-refractivity contribution in [3.05, 3.63) is 35.5 Å². The van der Waals surface area contributed by atoms with E-state index in [-0.39, 0.29) is 0 Å². The van der Waals surface area contributed by atoms with Gasteiger partial charge < -0.3 is 9.88 Å². The maximum atomic E-state index is 3.52. The summed E-state index contributed by atoms with van der Waals surface area (Å²) in [4.78, 5) is 2.65. The van der Waals surface area contributed by atoms with Crippen LogP contribution in [0.25, 0.3) is 10.9 Å². The smallest absolute Gasteiger partial charge is 0.0483 e. The summed E-state index contributed by atoms with van der Waals surface area (Å²) in [5, 5.41) is 4.93. The van der Waals surface area contributed by atoms with Crippen LogP contribution in [0.3, 0.4) is 0 Å². The fraction of sp³-hybridized carbons (Fsp3) is 0.529. The first-order valence-electron chi connectivity index (χ1n) is 7.70. The highest BCUT2D eigenvalue weighted by Crippen LogP contribution is 2.30. The molecule has 0 amide bonds. The molecule has 3 heterocycles. The second kappa shape index (κ2) is 4.61. The molecule has 1 aromatic carbocycles. The molecule has 0 radical (unpaired) electrons. The van der Waals surface area contributed by atoms with Gasteiger partial charge in [0.05, 0.1) is 0 Å². The van der Waals surface area contributed by atoms with Gasteiger partial charge in [0.1, 0.15) is 0 Å². The molecule has 4 rings (SSSR count). The van der Waals surface area contributed by atoms with Crippen molar-refractivity contribution in [2.24, 2.45) is 18.9 Å². The zero-order valence-corrected chi connectivity index (χ0v) is 12.4. The predicted octanol–water partition coefficient (Wildman–Crippen LogP) is 2.14. The van der Waals surface area contributed by atoms with Crippen LogP contribution < -0.4 is 5.32 Å². The van der Waals surface area contributed by atoms with Crippen LogP contribution in [-0.4, -0.2) is 35.6 Å². The lowest BCUT2D eigenvalue weighted by molar-refractivity contribution is 0.298. The average molecular weight is 269 g/mol. The molecular formula is C17H23N3. The van der Waals surface area contributed by atoms with E-state index in [1.165, 1.54) is 48.3 Å². The third-order valence-corrected chi connectivity index (χ3v) is 5.35. The first kappa shape index (κ1) is 12.4. The summed E-state index contributed by atoms with van der Waals surface area (Å²) < 4.78 is 2.39. The molecule has 2 saturated heterocycles. The van der Waals surface area contributed by atoms with E-state index in [1.54, 1.807) is 0 Å². The van der Waals surface area contributed by atoms with Crippen LogP contribution in [0.2, 0.25) is 0 Å². The second-order valence-electron chi connectivity index (χ2n) is 6.52. The van der Waals surface area contributed by atoms with E-state index < -0.39 is 0 Å². The monoisotopic (exact) mass is 269 g/mol. The predicted molar refractivity (Wildman–Crippen MR) is 82.8 cm³/mol. The number of fused-ring (bicyclic) bond motifs is 2. The molecule has 2 aromatic rings. The van der Waals surface area contributed by atoms with Crippen molar-refractivity contribution in [1.29, 1.82) is 0 Å². The van der Waals surface area contributed by atoms with E-state index in [1.807, 2.05) is 0 Å². The molecule has 0 saturated carbocycles. The second-order valence-corrected chi connectivity index (χ2v) is 6.52. The first-order valence-corrected chi connectivity index (χ1v) is 7.70. The molecule has 0 aliphatic carbocycles. The number of aromatic nitrogens is 1. The molecule has 106 valence electrons. The normalized spacial score (nSPS) is 26.5. The molecular weight excluding hydrogens is 246 g/mol. The summed E-state index contributed by atoms with van der Waals surface area (Å²) >= 11 is 0. The Hall–Kier alpha value is -1.32. The number of aryl methyl sites for hydroxylation is 2. The zero-order chi connectivity index (χ0) is 13.7. The van der Waals surface area contributed by atoms with E-state index >= 15 is 0 Å². The minimum Gasteiger partial charge on any atom is -0.346 e. The molecule has 3 heteroatoms. The van der Waals surface area contributed by atoms with Gasteiger partial charge in [0.15, 0.2) is 0 Å². The minimum absolute atomic E-state index is 0.880. The van der Waals surface area contributed by atoms with Crippen molar-refractivity contribution in [3.63, 3.8) is 0 Å². The summed E-state index contributed by atoms with van der Waals surface area (Å²) in [5.74, 6) is 1.76. The topological polar surface area (TPSA) is 20.2 Å².